The third kappa shape index (κ3) is 26.2. The number of carbonyl (C=O) groups excluding carboxylic acids is 2. The second-order valence-corrected chi connectivity index (χ2v) is 17.6. The Balaban J connectivity index is 1.84. The van der Waals surface area contributed by atoms with Gasteiger partial charge < -0.3 is 64.2 Å². The van der Waals surface area contributed by atoms with Crippen molar-refractivity contribution in [2.45, 2.75) is 242 Å². The zero-order valence-corrected chi connectivity index (χ0v) is 39.7. The normalized spacial score (nSPS) is 26.7. The molecule has 5 unspecified atom stereocenters. The summed E-state index contributed by atoms with van der Waals surface area (Å²) in [5.74, 6) is -1.01. The minimum Gasteiger partial charge on any atom is -0.462 e. The molecule has 0 aromatic rings. The summed E-state index contributed by atoms with van der Waals surface area (Å²) in [5, 5.41) is 72.0. The number of hydrogen-bond acceptors (Lipinski definition) is 15. The Morgan fingerprint density at radius 2 is 0.954 bits per heavy atom. The van der Waals surface area contributed by atoms with Crippen LogP contribution in [0.2, 0.25) is 0 Å². The van der Waals surface area contributed by atoms with Gasteiger partial charge in [-0.25, -0.2) is 0 Å². The number of hydrogen-bond donors (Lipinski definition) is 7. The molecular formula is C50H88O15. The lowest BCUT2D eigenvalue weighted by molar-refractivity contribution is -0.332. The van der Waals surface area contributed by atoms with Crippen molar-refractivity contribution < 1.29 is 73.8 Å². The number of aliphatic hydroxyl groups excluding tert-OH is 7. The highest BCUT2D eigenvalue weighted by Gasteiger charge is 2.47. The maximum absolute atomic E-state index is 12.9. The first-order valence-corrected chi connectivity index (χ1v) is 25.1. The van der Waals surface area contributed by atoms with E-state index in [1.54, 1.807) is 0 Å². The third-order valence-corrected chi connectivity index (χ3v) is 11.9. The molecule has 2 aliphatic heterocycles. The molecule has 0 aliphatic carbocycles. The average Bonchev–Trinajstić information content (AvgIpc) is 3.30. The van der Waals surface area contributed by atoms with E-state index in [2.05, 4.69) is 38.2 Å². The number of rotatable bonds is 38. The van der Waals surface area contributed by atoms with Crippen LogP contribution in [0, 0.1) is 0 Å². The van der Waals surface area contributed by atoms with Crippen molar-refractivity contribution >= 4 is 11.9 Å². The van der Waals surface area contributed by atoms with Crippen LogP contribution in [0.5, 0.6) is 0 Å². The molecule has 2 heterocycles. The van der Waals surface area contributed by atoms with Crippen LogP contribution in [0.25, 0.3) is 0 Å². The maximum Gasteiger partial charge on any atom is 0.306 e. The lowest BCUT2D eigenvalue weighted by Crippen LogP contribution is -2.61. The molecule has 15 nitrogen and oxygen atoms in total. The molecule has 11 atom stereocenters. The fourth-order valence-electron chi connectivity index (χ4n) is 7.68. The molecule has 7 N–H and O–H groups in total. The highest BCUT2D eigenvalue weighted by atomic mass is 16.7. The minimum absolute atomic E-state index is 0.0578. The van der Waals surface area contributed by atoms with Crippen LogP contribution in [-0.2, 0) is 38.0 Å². The van der Waals surface area contributed by atoms with Gasteiger partial charge in [0, 0.05) is 12.8 Å². The van der Waals surface area contributed by atoms with E-state index in [0.29, 0.717) is 12.8 Å². The van der Waals surface area contributed by atoms with Crippen LogP contribution in [-0.4, -0.2) is 142 Å². The fraction of sp³-hybridized carbons (Fsp3) is 0.840. The van der Waals surface area contributed by atoms with Crippen LogP contribution in [0.4, 0.5) is 0 Å². The second-order valence-electron chi connectivity index (χ2n) is 17.6. The van der Waals surface area contributed by atoms with E-state index in [1.165, 1.54) is 83.5 Å². The van der Waals surface area contributed by atoms with E-state index in [-0.39, 0.29) is 19.4 Å². The highest BCUT2D eigenvalue weighted by Crippen LogP contribution is 2.26. The topological polar surface area (TPSA) is 231 Å². The predicted octanol–water partition coefficient (Wildman–Crippen LogP) is 6.54. The molecule has 2 aliphatic rings. The van der Waals surface area contributed by atoms with Crippen LogP contribution in [0.15, 0.2) is 36.5 Å². The molecule has 2 rings (SSSR count). The van der Waals surface area contributed by atoms with Gasteiger partial charge in [0.1, 0.15) is 55.4 Å². The Bertz CT molecular complexity index is 1280. The van der Waals surface area contributed by atoms with Gasteiger partial charge >= 0.3 is 11.9 Å². The van der Waals surface area contributed by atoms with Crippen molar-refractivity contribution in [3.63, 3.8) is 0 Å². The molecule has 0 aromatic heterocycles. The number of ether oxygens (including phenoxy) is 6. The van der Waals surface area contributed by atoms with Gasteiger partial charge in [-0.15, -0.1) is 0 Å². The van der Waals surface area contributed by atoms with E-state index >= 15 is 0 Å². The predicted molar refractivity (Wildman–Crippen MR) is 247 cm³/mol. The SMILES string of the molecule is CCCCCCCC/C=C/C/C=C/CCC(=O)OC(COC(=O)CCCCCCC/C=C/CCCCCCCCC)CO[C@@H]1O[C@H](CO[C@@H]2O[C@H](CO)[C@H](O)C(O)C2O)[C@H](O)C(O)C1O. The second kappa shape index (κ2) is 37.7. The number of aliphatic hydroxyl groups is 7. The van der Waals surface area contributed by atoms with E-state index < -0.39 is 99.3 Å². The van der Waals surface area contributed by atoms with Gasteiger partial charge in [-0.1, -0.05) is 140 Å². The summed E-state index contributed by atoms with van der Waals surface area (Å²) < 4.78 is 33.4. The molecular weight excluding hydrogens is 841 g/mol. The smallest absolute Gasteiger partial charge is 0.306 e. The molecule has 0 saturated carbocycles. The van der Waals surface area contributed by atoms with E-state index in [9.17, 15) is 45.3 Å². The van der Waals surface area contributed by atoms with Crippen molar-refractivity contribution in [3.8, 4) is 0 Å². The van der Waals surface area contributed by atoms with Crippen molar-refractivity contribution in [3.05, 3.63) is 36.5 Å². The molecule has 2 saturated heterocycles. The highest BCUT2D eigenvalue weighted by molar-refractivity contribution is 5.70. The van der Waals surface area contributed by atoms with Crippen LogP contribution in [0.1, 0.15) is 174 Å². The van der Waals surface area contributed by atoms with Gasteiger partial charge in [0.05, 0.1) is 19.8 Å². The summed E-state index contributed by atoms with van der Waals surface area (Å²) in [6, 6.07) is 0. The summed E-state index contributed by atoms with van der Waals surface area (Å²) in [6.07, 6.45) is 21.9. The first kappa shape index (κ1) is 58.8. The quantitative estimate of drug-likeness (QED) is 0.0198. The molecule has 0 spiro atoms. The standard InChI is InChI=1S/C50H88O15/c1-3-5-7-9-11-13-15-17-18-19-21-22-24-26-28-30-32-41(52)60-35-38(63-42(53)33-31-29-27-25-23-20-16-14-12-10-8-6-4-2)36-61-49-48(59)46(57)44(55)40(65-49)37-62-50-47(58)45(56)43(54)39(34-51)64-50/h18-20,23,27,29,38-40,43-51,54-59H,3-17,21-22,24-26,28,30-37H2,1-2H3/b19-18+,23-20+,29-27+/t38?,39-,40-,43+,44+,45?,46?,47?,48?,49-,50-/m1/s1. The Labute approximate surface area is 389 Å². The van der Waals surface area contributed by atoms with E-state index in [1.807, 2.05) is 12.2 Å². The van der Waals surface area contributed by atoms with Crippen LogP contribution < -0.4 is 0 Å². The number of unbranched alkanes of at least 4 members (excludes halogenated alkanes) is 18. The number of carbonyl (C=O) groups is 2. The minimum atomic E-state index is -1.77. The summed E-state index contributed by atoms with van der Waals surface area (Å²) in [7, 11) is 0. The molecule has 0 bridgehead atoms. The summed E-state index contributed by atoms with van der Waals surface area (Å²) in [5.41, 5.74) is 0. The Hall–Kier alpha value is -2.28. The Morgan fingerprint density at radius 1 is 0.492 bits per heavy atom. The van der Waals surface area contributed by atoms with Crippen molar-refractivity contribution in [2.75, 3.05) is 26.4 Å². The number of esters is 2. The lowest BCUT2D eigenvalue weighted by Gasteiger charge is -2.42. The van der Waals surface area contributed by atoms with E-state index in [4.69, 9.17) is 28.4 Å². The maximum atomic E-state index is 12.9. The molecule has 0 radical (unpaired) electrons. The molecule has 0 amide bonds. The van der Waals surface area contributed by atoms with Crippen LogP contribution in [0.3, 0.4) is 0 Å². The molecule has 65 heavy (non-hydrogen) atoms. The third-order valence-electron chi connectivity index (χ3n) is 11.9. The largest absolute Gasteiger partial charge is 0.462 e. The van der Waals surface area contributed by atoms with Crippen molar-refractivity contribution in [2.24, 2.45) is 0 Å². The van der Waals surface area contributed by atoms with E-state index in [0.717, 1.165) is 51.4 Å². The van der Waals surface area contributed by atoms with Crippen molar-refractivity contribution in [1.29, 1.82) is 0 Å². The van der Waals surface area contributed by atoms with Gasteiger partial charge in [0.25, 0.3) is 0 Å². The Morgan fingerprint density at radius 3 is 1.51 bits per heavy atom. The first-order chi connectivity index (χ1) is 31.5. The summed E-state index contributed by atoms with van der Waals surface area (Å²) in [4.78, 5) is 25.7. The van der Waals surface area contributed by atoms with Gasteiger partial charge in [-0.2, -0.15) is 0 Å². The average molecular weight is 929 g/mol. The summed E-state index contributed by atoms with van der Waals surface area (Å²) >= 11 is 0. The van der Waals surface area contributed by atoms with Gasteiger partial charge in [-0.05, 0) is 57.8 Å². The van der Waals surface area contributed by atoms with Gasteiger partial charge in [0.15, 0.2) is 18.7 Å². The summed E-state index contributed by atoms with van der Waals surface area (Å²) in [6.45, 7) is 2.50. The molecule has 2 fully saturated rings. The molecule has 378 valence electrons. The zero-order chi connectivity index (χ0) is 47.5. The first-order valence-electron chi connectivity index (χ1n) is 25.1. The van der Waals surface area contributed by atoms with Gasteiger partial charge in [-0.3, -0.25) is 9.59 Å². The van der Waals surface area contributed by atoms with Crippen molar-refractivity contribution in [1.82, 2.24) is 0 Å². The Kier molecular flexibility index (Phi) is 34.1. The molecule has 0 aromatic carbocycles. The monoisotopic (exact) mass is 929 g/mol. The lowest BCUT2D eigenvalue weighted by atomic mass is 9.98. The fourth-order valence-corrected chi connectivity index (χ4v) is 7.68. The number of allylic oxidation sites excluding steroid dienone is 6. The van der Waals surface area contributed by atoms with Gasteiger partial charge in [0.2, 0.25) is 0 Å². The zero-order valence-electron chi connectivity index (χ0n) is 39.7. The molecule has 15 heteroatoms. The van der Waals surface area contributed by atoms with Crippen LogP contribution >= 0.6 is 0 Å².